The standard InChI is InChI=1S/C35H20N4S/c36-21-28-31(22-11-3-1-4-12-22)37-34(23-13-5-2-6-14-23)38-35(28)39-29-17-9-7-15-24(29)26-19-20-27-25-16-8-10-18-30(25)40-33(27)32(26)39/h1-20H. The highest BCUT2D eigenvalue weighted by molar-refractivity contribution is 7.26. The second-order valence-corrected chi connectivity index (χ2v) is 10.8. The van der Waals surface area contributed by atoms with Crippen molar-refractivity contribution < 1.29 is 0 Å². The van der Waals surface area contributed by atoms with E-state index in [0.29, 0.717) is 22.9 Å². The molecule has 5 aromatic carbocycles. The van der Waals surface area contributed by atoms with Gasteiger partial charge in [0.1, 0.15) is 11.6 Å². The van der Waals surface area contributed by atoms with Gasteiger partial charge in [0, 0.05) is 37.4 Å². The molecule has 0 spiro atoms. The summed E-state index contributed by atoms with van der Waals surface area (Å²) in [5.41, 5.74) is 4.93. The molecule has 40 heavy (non-hydrogen) atoms. The van der Waals surface area contributed by atoms with Crippen molar-refractivity contribution in [3.63, 3.8) is 0 Å². The first-order chi connectivity index (χ1) is 19.8. The van der Waals surface area contributed by atoms with Crippen molar-refractivity contribution in [1.82, 2.24) is 14.5 Å². The fourth-order valence-electron chi connectivity index (χ4n) is 5.69. The zero-order valence-corrected chi connectivity index (χ0v) is 22.1. The Morgan fingerprint density at radius 3 is 2.02 bits per heavy atom. The van der Waals surface area contributed by atoms with Gasteiger partial charge in [-0.1, -0.05) is 109 Å². The van der Waals surface area contributed by atoms with Crippen LogP contribution in [0, 0.1) is 11.3 Å². The smallest absolute Gasteiger partial charge is 0.162 e. The van der Waals surface area contributed by atoms with Crippen LogP contribution in [0.4, 0.5) is 0 Å². The quantitative estimate of drug-likeness (QED) is 0.230. The van der Waals surface area contributed by atoms with Crippen molar-refractivity contribution in [2.24, 2.45) is 0 Å². The van der Waals surface area contributed by atoms with Crippen LogP contribution in [0.1, 0.15) is 5.56 Å². The largest absolute Gasteiger partial charge is 0.291 e. The number of benzene rings is 5. The number of fused-ring (bicyclic) bond motifs is 7. The lowest BCUT2D eigenvalue weighted by molar-refractivity contribution is 1.04. The molecule has 0 unspecified atom stereocenters. The molecule has 0 radical (unpaired) electrons. The van der Waals surface area contributed by atoms with Crippen LogP contribution < -0.4 is 0 Å². The minimum absolute atomic E-state index is 0.451. The van der Waals surface area contributed by atoms with Gasteiger partial charge in [-0.25, -0.2) is 9.97 Å². The predicted molar refractivity (Wildman–Crippen MR) is 165 cm³/mol. The molecule has 0 aliphatic rings. The van der Waals surface area contributed by atoms with Crippen LogP contribution in [0.3, 0.4) is 0 Å². The minimum atomic E-state index is 0.451. The van der Waals surface area contributed by atoms with Crippen LogP contribution in [0.2, 0.25) is 0 Å². The highest BCUT2D eigenvalue weighted by Crippen LogP contribution is 2.43. The summed E-state index contributed by atoms with van der Waals surface area (Å²) in [5.74, 6) is 1.18. The first-order valence-corrected chi connectivity index (χ1v) is 13.9. The van der Waals surface area contributed by atoms with Crippen molar-refractivity contribution in [3.05, 3.63) is 127 Å². The Balaban J connectivity index is 1.58. The topological polar surface area (TPSA) is 54.5 Å². The number of rotatable bonds is 3. The maximum atomic E-state index is 10.7. The van der Waals surface area contributed by atoms with Crippen LogP contribution >= 0.6 is 11.3 Å². The molecule has 0 saturated carbocycles. The normalized spacial score (nSPS) is 11.5. The van der Waals surface area contributed by atoms with E-state index in [1.165, 1.54) is 20.2 Å². The number of aromatic nitrogens is 3. The third-order valence-corrected chi connectivity index (χ3v) is 8.67. The van der Waals surface area contributed by atoms with E-state index in [4.69, 9.17) is 9.97 Å². The van der Waals surface area contributed by atoms with E-state index < -0.39 is 0 Å². The Kier molecular flexibility index (Phi) is 5.03. The molecule has 0 saturated heterocycles. The average Bonchev–Trinajstić information content (AvgIpc) is 3.57. The van der Waals surface area contributed by atoms with E-state index in [1.54, 1.807) is 11.3 Å². The number of thiophene rings is 1. The molecule has 3 heterocycles. The molecular formula is C35H20N4S. The second kappa shape index (κ2) is 8.88. The number of hydrogen-bond acceptors (Lipinski definition) is 4. The molecular weight excluding hydrogens is 508 g/mol. The summed E-state index contributed by atoms with van der Waals surface area (Å²) in [6.07, 6.45) is 0. The van der Waals surface area contributed by atoms with E-state index in [2.05, 4.69) is 65.2 Å². The Morgan fingerprint density at radius 1 is 0.600 bits per heavy atom. The van der Waals surface area contributed by atoms with Crippen LogP contribution in [0.25, 0.3) is 70.4 Å². The van der Waals surface area contributed by atoms with Gasteiger partial charge in [-0.3, -0.25) is 4.57 Å². The van der Waals surface area contributed by atoms with Crippen molar-refractivity contribution in [2.45, 2.75) is 0 Å². The molecule has 0 bridgehead atoms. The van der Waals surface area contributed by atoms with E-state index in [9.17, 15) is 5.26 Å². The lowest BCUT2D eigenvalue weighted by atomic mass is 10.1. The summed E-state index contributed by atoms with van der Waals surface area (Å²) in [6.45, 7) is 0. The summed E-state index contributed by atoms with van der Waals surface area (Å²) in [7, 11) is 0. The van der Waals surface area contributed by atoms with Crippen molar-refractivity contribution in [2.75, 3.05) is 0 Å². The molecule has 186 valence electrons. The first kappa shape index (κ1) is 22.7. The van der Waals surface area contributed by atoms with Crippen molar-refractivity contribution in [3.8, 4) is 34.5 Å². The van der Waals surface area contributed by atoms with E-state index in [1.807, 2.05) is 66.7 Å². The molecule has 0 aliphatic heterocycles. The minimum Gasteiger partial charge on any atom is -0.291 e. The Hall–Kier alpha value is -5.31. The maximum absolute atomic E-state index is 10.7. The monoisotopic (exact) mass is 528 g/mol. The predicted octanol–water partition coefficient (Wildman–Crippen LogP) is 9.15. The van der Waals surface area contributed by atoms with Crippen LogP contribution in [-0.4, -0.2) is 14.5 Å². The number of para-hydroxylation sites is 1. The fraction of sp³-hybridized carbons (Fsp3) is 0. The van der Waals surface area contributed by atoms with E-state index >= 15 is 0 Å². The second-order valence-electron chi connectivity index (χ2n) is 9.73. The van der Waals surface area contributed by atoms with E-state index in [0.717, 1.165) is 32.9 Å². The molecule has 4 nitrogen and oxygen atoms in total. The molecule has 0 aliphatic carbocycles. The lowest BCUT2D eigenvalue weighted by Gasteiger charge is -2.14. The average molecular weight is 529 g/mol. The Morgan fingerprint density at radius 2 is 1.25 bits per heavy atom. The highest BCUT2D eigenvalue weighted by atomic mass is 32.1. The molecule has 5 heteroatoms. The van der Waals surface area contributed by atoms with E-state index in [-0.39, 0.29) is 0 Å². The zero-order valence-electron chi connectivity index (χ0n) is 21.2. The summed E-state index contributed by atoms with van der Waals surface area (Å²) in [4.78, 5) is 10.1. The first-order valence-electron chi connectivity index (χ1n) is 13.1. The molecule has 8 rings (SSSR count). The van der Waals surface area contributed by atoms with Gasteiger partial charge in [0.2, 0.25) is 0 Å². The van der Waals surface area contributed by atoms with Gasteiger partial charge in [0.25, 0.3) is 0 Å². The summed E-state index contributed by atoms with van der Waals surface area (Å²) in [6, 6.07) is 43.7. The van der Waals surface area contributed by atoms with Gasteiger partial charge in [0.05, 0.1) is 21.4 Å². The Bertz CT molecular complexity index is 2270. The molecule has 0 N–H and O–H groups in total. The molecule has 8 aromatic rings. The van der Waals surface area contributed by atoms with Gasteiger partial charge in [0.15, 0.2) is 11.6 Å². The Labute approximate surface area is 234 Å². The number of nitriles is 1. The van der Waals surface area contributed by atoms with Crippen LogP contribution in [-0.2, 0) is 0 Å². The molecule has 3 aromatic heterocycles. The molecule has 0 atom stereocenters. The summed E-state index contributed by atoms with van der Waals surface area (Å²) < 4.78 is 4.60. The molecule has 0 amide bonds. The summed E-state index contributed by atoms with van der Waals surface area (Å²) in [5, 5.41) is 15.4. The maximum Gasteiger partial charge on any atom is 0.162 e. The highest BCUT2D eigenvalue weighted by Gasteiger charge is 2.24. The number of hydrogen-bond donors (Lipinski definition) is 0. The third kappa shape index (κ3) is 3.30. The van der Waals surface area contributed by atoms with Gasteiger partial charge < -0.3 is 0 Å². The van der Waals surface area contributed by atoms with Gasteiger partial charge in [-0.2, -0.15) is 5.26 Å². The lowest BCUT2D eigenvalue weighted by Crippen LogP contribution is -2.07. The molecule has 0 fully saturated rings. The van der Waals surface area contributed by atoms with Crippen molar-refractivity contribution in [1.29, 1.82) is 5.26 Å². The van der Waals surface area contributed by atoms with Crippen LogP contribution in [0.5, 0.6) is 0 Å². The van der Waals surface area contributed by atoms with Crippen LogP contribution in [0.15, 0.2) is 121 Å². The number of nitrogens with zero attached hydrogens (tertiary/aromatic N) is 4. The fourth-order valence-corrected chi connectivity index (χ4v) is 6.93. The summed E-state index contributed by atoms with van der Waals surface area (Å²) >= 11 is 1.78. The van der Waals surface area contributed by atoms with Crippen molar-refractivity contribution >= 4 is 53.3 Å². The van der Waals surface area contributed by atoms with Gasteiger partial charge in [-0.05, 0) is 12.1 Å². The van der Waals surface area contributed by atoms with Gasteiger partial charge >= 0.3 is 0 Å². The van der Waals surface area contributed by atoms with Gasteiger partial charge in [-0.15, -0.1) is 11.3 Å². The third-order valence-electron chi connectivity index (χ3n) is 7.47. The SMILES string of the molecule is N#Cc1c(-c2ccccc2)nc(-c2ccccc2)nc1-n1c2ccccc2c2ccc3c4ccccc4sc3c21. The zero-order chi connectivity index (χ0) is 26.6.